The zero-order chi connectivity index (χ0) is 23.3. The largest absolute Gasteiger partial charge is 0.390 e. The Hall–Kier alpha value is -2.20. The van der Waals surface area contributed by atoms with Crippen LogP contribution >= 0.6 is 0 Å². The molecule has 0 aromatic heterocycles. The third kappa shape index (κ3) is 4.12. The van der Waals surface area contributed by atoms with Crippen molar-refractivity contribution in [3.8, 4) is 12.1 Å². The van der Waals surface area contributed by atoms with Crippen molar-refractivity contribution < 1.29 is 14.7 Å². The molecule has 4 bridgehead atoms. The molecule has 6 aliphatic rings. The standard InChI is InChI=1S/C24H34N6O3/c25-10-18-3-1-5-29(18)20(31)12-27-22-7-17-8-23(14-22,16-24(33,9-17)15-22)28-13-21(32)30-6-2-4-19(30)11-26/h17-19,27-28,33H,1-9,12-16H2/t17?,18-,19-,22?,23?,24?/m0/s1. The first-order valence-electron chi connectivity index (χ1n) is 12.4. The molecule has 2 aliphatic heterocycles. The van der Waals surface area contributed by atoms with Crippen LogP contribution in [-0.2, 0) is 9.59 Å². The summed E-state index contributed by atoms with van der Waals surface area (Å²) in [5.41, 5.74) is -1.48. The van der Waals surface area contributed by atoms with Gasteiger partial charge in [0.1, 0.15) is 12.1 Å². The van der Waals surface area contributed by atoms with Crippen LogP contribution < -0.4 is 10.6 Å². The average Bonchev–Trinajstić information content (AvgIpc) is 3.43. The number of carbonyl (C=O) groups excluding carboxylic acids is 2. The van der Waals surface area contributed by atoms with Crippen molar-refractivity contribution in [3.05, 3.63) is 0 Å². The molecule has 9 heteroatoms. The molecule has 3 N–H and O–H groups in total. The maximum atomic E-state index is 12.8. The number of nitrogens with one attached hydrogen (secondary N) is 2. The van der Waals surface area contributed by atoms with Gasteiger partial charge in [0.15, 0.2) is 0 Å². The van der Waals surface area contributed by atoms with E-state index in [1.54, 1.807) is 9.80 Å². The van der Waals surface area contributed by atoms with E-state index >= 15 is 0 Å². The van der Waals surface area contributed by atoms with E-state index in [9.17, 15) is 25.2 Å². The number of amides is 2. The number of hydrogen-bond donors (Lipinski definition) is 3. The van der Waals surface area contributed by atoms with Crippen molar-refractivity contribution in [2.24, 2.45) is 5.92 Å². The Labute approximate surface area is 195 Å². The Morgan fingerprint density at radius 3 is 1.76 bits per heavy atom. The zero-order valence-corrected chi connectivity index (χ0v) is 19.2. The smallest absolute Gasteiger partial charge is 0.237 e. The fraction of sp³-hybridized carbons (Fsp3) is 0.833. The lowest BCUT2D eigenvalue weighted by Crippen LogP contribution is -2.74. The van der Waals surface area contributed by atoms with Gasteiger partial charge in [0.2, 0.25) is 11.8 Å². The zero-order valence-electron chi connectivity index (χ0n) is 19.2. The van der Waals surface area contributed by atoms with Crippen molar-refractivity contribution in [2.75, 3.05) is 26.2 Å². The Morgan fingerprint density at radius 1 is 0.848 bits per heavy atom. The van der Waals surface area contributed by atoms with Gasteiger partial charge in [-0.25, -0.2) is 0 Å². The number of rotatable bonds is 6. The fourth-order valence-corrected chi connectivity index (χ4v) is 7.91. The van der Waals surface area contributed by atoms with Gasteiger partial charge in [-0.15, -0.1) is 0 Å². The number of carbonyl (C=O) groups is 2. The van der Waals surface area contributed by atoms with E-state index in [2.05, 4.69) is 22.8 Å². The summed E-state index contributed by atoms with van der Waals surface area (Å²) in [6.45, 7) is 1.61. The van der Waals surface area contributed by atoms with Gasteiger partial charge in [0, 0.05) is 24.2 Å². The van der Waals surface area contributed by atoms with E-state index in [1.165, 1.54) is 0 Å². The van der Waals surface area contributed by atoms with Crippen LogP contribution in [0.5, 0.6) is 0 Å². The molecule has 4 saturated carbocycles. The van der Waals surface area contributed by atoms with Crippen LogP contribution in [0, 0.1) is 28.6 Å². The lowest BCUT2D eigenvalue weighted by Gasteiger charge is -2.65. The monoisotopic (exact) mass is 454 g/mol. The predicted molar refractivity (Wildman–Crippen MR) is 118 cm³/mol. The molecule has 2 amide bonds. The summed E-state index contributed by atoms with van der Waals surface area (Å²) in [7, 11) is 0. The lowest BCUT2D eigenvalue weighted by molar-refractivity contribution is -0.163. The molecule has 4 aliphatic carbocycles. The van der Waals surface area contributed by atoms with Crippen molar-refractivity contribution in [2.45, 2.75) is 93.0 Å². The van der Waals surface area contributed by atoms with Gasteiger partial charge < -0.3 is 25.5 Å². The molecule has 9 nitrogen and oxygen atoms in total. The Kier molecular flexibility index (Phi) is 5.63. The second-order valence-corrected chi connectivity index (χ2v) is 11.2. The molecular formula is C24H34N6O3. The summed E-state index contributed by atoms with van der Waals surface area (Å²) in [6.07, 6.45) is 7.81. The van der Waals surface area contributed by atoms with E-state index < -0.39 is 5.60 Å². The van der Waals surface area contributed by atoms with Crippen molar-refractivity contribution >= 4 is 11.8 Å². The van der Waals surface area contributed by atoms with Gasteiger partial charge in [0.25, 0.3) is 0 Å². The Morgan fingerprint density at radius 2 is 1.33 bits per heavy atom. The highest BCUT2D eigenvalue weighted by molar-refractivity contribution is 5.80. The summed E-state index contributed by atoms with van der Waals surface area (Å²) in [5.74, 6) is 0.250. The topological polar surface area (TPSA) is 132 Å². The molecular weight excluding hydrogens is 420 g/mol. The van der Waals surface area contributed by atoms with Gasteiger partial charge in [-0.3, -0.25) is 9.59 Å². The summed E-state index contributed by atoms with van der Waals surface area (Å²) in [5, 5.41) is 37.0. The maximum absolute atomic E-state index is 12.8. The molecule has 6 fully saturated rings. The van der Waals surface area contributed by atoms with E-state index in [-0.39, 0.29) is 48.1 Å². The van der Waals surface area contributed by atoms with E-state index in [4.69, 9.17) is 0 Å². The molecule has 0 aromatic carbocycles. The van der Waals surface area contributed by atoms with Gasteiger partial charge in [-0.05, 0) is 70.1 Å². The van der Waals surface area contributed by atoms with Crippen molar-refractivity contribution in [1.29, 1.82) is 10.5 Å². The van der Waals surface area contributed by atoms with E-state index in [0.717, 1.165) is 51.4 Å². The highest BCUT2D eigenvalue weighted by Crippen LogP contribution is 2.59. The van der Waals surface area contributed by atoms with Crippen LogP contribution in [0.3, 0.4) is 0 Å². The fourth-order valence-electron chi connectivity index (χ4n) is 7.91. The second kappa shape index (κ2) is 8.23. The number of nitriles is 2. The van der Waals surface area contributed by atoms with Crippen LogP contribution in [-0.4, -0.2) is 81.7 Å². The highest BCUT2D eigenvalue weighted by Gasteiger charge is 2.63. The number of aliphatic hydroxyl groups is 1. The predicted octanol–water partition coefficient (Wildman–Crippen LogP) is 0.401. The molecule has 2 unspecified atom stereocenters. The van der Waals surface area contributed by atoms with Gasteiger partial charge >= 0.3 is 0 Å². The van der Waals surface area contributed by atoms with Crippen LogP contribution in [0.15, 0.2) is 0 Å². The third-order valence-corrected chi connectivity index (χ3v) is 8.71. The normalized spacial score (nSPS) is 41.2. The van der Waals surface area contributed by atoms with Crippen LogP contribution in [0.1, 0.15) is 64.2 Å². The van der Waals surface area contributed by atoms with Crippen molar-refractivity contribution in [3.63, 3.8) is 0 Å². The second-order valence-electron chi connectivity index (χ2n) is 11.2. The van der Waals surface area contributed by atoms with Gasteiger partial charge in [-0.2, -0.15) is 10.5 Å². The average molecular weight is 455 g/mol. The first-order valence-corrected chi connectivity index (χ1v) is 12.4. The summed E-state index contributed by atoms with van der Waals surface area (Å²) in [6, 6.07) is 3.80. The molecule has 178 valence electrons. The summed E-state index contributed by atoms with van der Waals surface area (Å²) < 4.78 is 0. The molecule has 0 radical (unpaired) electrons. The number of likely N-dealkylation sites (tertiary alicyclic amines) is 2. The first kappa shape index (κ1) is 22.6. The summed E-state index contributed by atoms with van der Waals surface area (Å²) >= 11 is 0. The summed E-state index contributed by atoms with van der Waals surface area (Å²) in [4.78, 5) is 29.0. The van der Waals surface area contributed by atoms with Gasteiger partial charge in [0.05, 0.1) is 30.8 Å². The van der Waals surface area contributed by atoms with E-state index in [0.29, 0.717) is 31.8 Å². The van der Waals surface area contributed by atoms with Crippen LogP contribution in [0.4, 0.5) is 0 Å². The Bertz CT molecular complexity index is 845. The highest BCUT2D eigenvalue weighted by atomic mass is 16.3. The Balaban J connectivity index is 1.26. The molecule has 2 saturated heterocycles. The number of hydrogen-bond acceptors (Lipinski definition) is 7. The molecule has 6 rings (SSSR count). The molecule has 2 heterocycles. The first-order chi connectivity index (χ1) is 15.8. The minimum atomic E-state index is -0.794. The van der Waals surface area contributed by atoms with Crippen molar-refractivity contribution in [1.82, 2.24) is 20.4 Å². The quantitative estimate of drug-likeness (QED) is 0.529. The molecule has 4 atom stereocenters. The lowest BCUT2D eigenvalue weighted by atomic mass is 9.48. The molecule has 33 heavy (non-hydrogen) atoms. The third-order valence-electron chi connectivity index (χ3n) is 8.71. The number of nitrogens with zero attached hydrogens (tertiary/aromatic N) is 4. The minimum Gasteiger partial charge on any atom is -0.390 e. The van der Waals surface area contributed by atoms with Crippen LogP contribution in [0.25, 0.3) is 0 Å². The minimum absolute atomic E-state index is 0.0458. The SMILES string of the molecule is N#C[C@@H]1CCCN1C(=O)CNC12CC3CC(O)(C1)CC(NCC(=O)N1CCC[C@H]1C#N)(C3)C2. The van der Waals surface area contributed by atoms with Gasteiger partial charge in [-0.1, -0.05) is 0 Å². The van der Waals surface area contributed by atoms with Crippen LogP contribution in [0.2, 0.25) is 0 Å². The molecule has 0 aromatic rings. The van der Waals surface area contributed by atoms with E-state index in [1.807, 2.05) is 0 Å². The molecule has 0 spiro atoms. The maximum Gasteiger partial charge on any atom is 0.237 e.